The Bertz CT molecular complexity index is 574. The largest absolute Gasteiger partial charge is 0.444 e. The molecule has 0 bridgehead atoms. The molecule has 6 nitrogen and oxygen atoms in total. The number of pyridine rings is 1. The molecular weight excluding hydrogens is 280 g/mol. The van der Waals surface area contributed by atoms with Crippen molar-refractivity contribution in [2.24, 2.45) is 0 Å². The molecule has 118 valence electrons. The number of piperidine rings is 1. The number of hydrogen-bond acceptors (Lipinski definition) is 5. The molecule has 0 spiro atoms. The van der Waals surface area contributed by atoms with Crippen molar-refractivity contribution in [3.8, 4) is 6.07 Å². The Hall–Kier alpha value is -2.29. The number of amides is 1. The number of nitrogens with zero attached hydrogens (tertiary/aromatic N) is 3. The first-order valence-corrected chi connectivity index (χ1v) is 7.48. The Morgan fingerprint density at radius 3 is 3.00 bits per heavy atom. The number of ether oxygens (including phenoxy) is 1. The van der Waals surface area contributed by atoms with Gasteiger partial charge in [-0.2, -0.15) is 5.26 Å². The molecule has 0 unspecified atom stereocenters. The fourth-order valence-corrected chi connectivity index (χ4v) is 2.53. The summed E-state index contributed by atoms with van der Waals surface area (Å²) in [5, 5.41) is 12.1. The second kappa shape index (κ2) is 6.65. The van der Waals surface area contributed by atoms with Crippen molar-refractivity contribution in [3.05, 3.63) is 24.0 Å². The maximum absolute atomic E-state index is 11.9. The van der Waals surface area contributed by atoms with Crippen LogP contribution in [0.25, 0.3) is 0 Å². The molecule has 0 saturated carbocycles. The molecule has 22 heavy (non-hydrogen) atoms. The van der Waals surface area contributed by atoms with Crippen LogP contribution in [-0.4, -0.2) is 35.8 Å². The van der Waals surface area contributed by atoms with Crippen LogP contribution in [0.2, 0.25) is 0 Å². The zero-order valence-electron chi connectivity index (χ0n) is 13.3. The third-order valence-electron chi connectivity index (χ3n) is 3.38. The first-order valence-electron chi connectivity index (χ1n) is 7.48. The lowest BCUT2D eigenvalue weighted by atomic mass is 10.0. The third-order valence-corrected chi connectivity index (χ3v) is 3.38. The molecule has 1 amide bonds. The van der Waals surface area contributed by atoms with Gasteiger partial charge in [0.1, 0.15) is 11.7 Å². The van der Waals surface area contributed by atoms with Crippen LogP contribution in [0.4, 0.5) is 10.5 Å². The van der Waals surface area contributed by atoms with Crippen molar-refractivity contribution in [2.75, 3.05) is 18.0 Å². The van der Waals surface area contributed by atoms with Gasteiger partial charge in [-0.05, 0) is 45.7 Å². The van der Waals surface area contributed by atoms with Gasteiger partial charge in [0.05, 0.1) is 5.69 Å². The molecule has 1 aromatic heterocycles. The number of carbonyl (C=O) groups is 1. The third kappa shape index (κ3) is 4.35. The van der Waals surface area contributed by atoms with E-state index in [1.807, 2.05) is 32.9 Å². The van der Waals surface area contributed by atoms with Crippen LogP contribution in [0, 0.1) is 11.3 Å². The van der Waals surface area contributed by atoms with Crippen molar-refractivity contribution in [1.29, 1.82) is 5.26 Å². The fraction of sp³-hybridized carbons (Fsp3) is 0.562. The smallest absolute Gasteiger partial charge is 0.407 e. The molecule has 6 heteroatoms. The Morgan fingerprint density at radius 1 is 1.55 bits per heavy atom. The topological polar surface area (TPSA) is 78.2 Å². The molecule has 1 aliphatic rings. The number of rotatable bonds is 2. The summed E-state index contributed by atoms with van der Waals surface area (Å²) < 4.78 is 5.29. The van der Waals surface area contributed by atoms with Crippen molar-refractivity contribution < 1.29 is 9.53 Å². The van der Waals surface area contributed by atoms with E-state index in [2.05, 4.69) is 21.3 Å². The van der Waals surface area contributed by atoms with E-state index in [4.69, 9.17) is 10.00 Å². The Morgan fingerprint density at radius 2 is 2.32 bits per heavy atom. The highest BCUT2D eigenvalue weighted by Crippen LogP contribution is 2.22. The fourth-order valence-electron chi connectivity index (χ4n) is 2.53. The number of aromatic nitrogens is 1. The van der Waals surface area contributed by atoms with Gasteiger partial charge in [-0.25, -0.2) is 9.78 Å². The Labute approximate surface area is 131 Å². The maximum Gasteiger partial charge on any atom is 0.407 e. The van der Waals surface area contributed by atoms with Gasteiger partial charge in [0, 0.05) is 25.3 Å². The van der Waals surface area contributed by atoms with E-state index in [-0.39, 0.29) is 6.04 Å². The van der Waals surface area contributed by atoms with E-state index in [0.29, 0.717) is 12.2 Å². The van der Waals surface area contributed by atoms with Crippen LogP contribution in [0.3, 0.4) is 0 Å². The standard InChI is InChI=1S/C16H22N4O2/c1-16(2,3)22-15(21)19-12-6-5-9-20(11-12)14-7-4-8-18-13(14)10-17/h4,7-8,12H,5-6,9,11H2,1-3H3,(H,19,21)/t12-/m1/s1. The van der Waals surface area contributed by atoms with Crippen LogP contribution < -0.4 is 10.2 Å². The Kier molecular flexibility index (Phi) is 4.86. The summed E-state index contributed by atoms with van der Waals surface area (Å²) in [6, 6.07) is 5.84. The molecule has 1 fully saturated rings. The molecule has 1 aliphatic heterocycles. The predicted octanol–water partition coefficient (Wildman–Crippen LogP) is 2.45. The van der Waals surface area contributed by atoms with Crippen molar-refractivity contribution in [3.63, 3.8) is 0 Å². The molecule has 0 radical (unpaired) electrons. The minimum absolute atomic E-state index is 0.00958. The van der Waals surface area contributed by atoms with E-state index in [0.717, 1.165) is 25.1 Å². The molecule has 0 aromatic carbocycles. The summed E-state index contributed by atoms with van der Waals surface area (Å²) in [6.45, 7) is 7.03. The normalized spacial score (nSPS) is 18.5. The van der Waals surface area contributed by atoms with Crippen LogP contribution in [-0.2, 0) is 4.74 Å². The number of carbonyl (C=O) groups excluding carboxylic acids is 1. The molecule has 1 atom stereocenters. The SMILES string of the molecule is CC(C)(C)OC(=O)N[C@@H]1CCCN(c2cccnc2C#N)C1. The highest BCUT2D eigenvalue weighted by atomic mass is 16.6. The zero-order chi connectivity index (χ0) is 16.2. The maximum atomic E-state index is 11.9. The minimum atomic E-state index is -0.504. The lowest BCUT2D eigenvalue weighted by Gasteiger charge is -2.35. The number of nitriles is 1. The number of nitrogens with one attached hydrogen (secondary N) is 1. The molecule has 1 saturated heterocycles. The molecule has 1 N–H and O–H groups in total. The quantitative estimate of drug-likeness (QED) is 0.908. The van der Waals surface area contributed by atoms with Crippen molar-refractivity contribution in [2.45, 2.75) is 45.3 Å². The minimum Gasteiger partial charge on any atom is -0.444 e. The van der Waals surface area contributed by atoms with Crippen LogP contribution in [0.15, 0.2) is 18.3 Å². The van der Waals surface area contributed by atoms with Gasteiger partial charge >= 0.3 is 6.09 Å². The molecule has 0 aliphatic carbocycles. The summed E-state index contributed by atoms with van der Waals surface area (Å²) in [6.07, 6.45) is 3.06. The van der Waals surface area contributed by atoms with E-state index >= 15 is 0 Å². The number of hydrogen-bond donors (Lipinski definition) is 1. The van der Waals surface area contributed by atoms with Crippen molar-refractivity contribution >= 4 is 11.8 Å². The molecule has 2 heterocycles. The van der Waals surface area contributed by atoms with Crippen LogP contribution in [0.5, 0.6) is 0 Å². The second-order valence-electron chi connectivity index (χ2n) is 6.41. The Balaban J connectivity index is 2.00. The first kappa shape index (κ1) is 16.1. The summed E-state index contributed by atoms with van der Waals surface area (Å²) in [4.78, 5) is 18.1. The molecule has 1 aromatic rings. The van der Waals surface area contributed by atoms with Gasteiger partial charge in [-0.3, -0.25) is 0 Å². The summed E-state index contributed by atoms with van der Waals surface area (Å²) >= 11 is 0. The van der Waals surface area contributed by atoms with Gasteiger partial charge in [-0.15, -0.1) is 0 Å². The lowest BCUT2D eigenvalue weighted by molar-refractivity contribution is 0.0500. The highest BCUT2D eigenvalue weighted by Gasteiger charge is 2.25. The number of anilines is 1. The van der Waals surface area contributed by atoms with Gasteiger partial charge in [0.2, 0.25) is 0 Å². The lowest BCUT2D eigenvalue weighted by Crippen LogP contribution is -2.49. The predicted molar refractivity (Wildman–Crippen MR) is 83.6 cm³/mol. The number of alkyl carbamates (subject to hydrolysis) is 1. The van der Waals surface area contributed by atoms with Gasteiger partial charge < -0.3 is 15.0 Å². The monoisotopic (exact) mass is 302 g/mol. The molecule has 2 rings (SSSR count). The zero-order valence-corrected chi connectivity index (χ0v) is 13.3. The van der Waals surface area contributed by atoms with Crippen molar-refractivity contribution in [1.82, 2.24) is 10.3 Å². The van der Waals surface area contributed by atoms with E-state index in [9.17, 15) is 4.79 Å². The highest BCUT2D eigenvalue weighted by molar-refractivity contribution is 5.68. The summed E-state index contributed by atoms with van der Waals surface area (Å²) in [5.74, 6) is 0. The van der Waals surface area contributed by atoms with Gasteiger partial charge in [-0.1, -0.05) is 0 Å². The average molecular weight is 302 g/mol. The van der Waals surface area contributed by atoms with E-state index in [1.165, 1.54) is 0 Å². The van der Waals surface area contributed by atoms with Gasteiger partial charge in [0.15, 0.2) is 5.69 Å². The van der Waals surface area contributed by atoms with Crippen LogP contribution >= 0.6 is 0 Å². The van der Waals surface area contributed by atoms with E-state index < -0.39 is 11.7 Å². The first-order chi connectivity index (χ1) is 10.4. The van der Waals surface area contributed by atoms with Crippen LogP contribution in [0.1, 0.15) is 39.3 Å². The van der Waals surface area contributed by atoms with Gasteiger partial charge in [0.25, 0.3) is 0 Å². The molecular formula is C16H22N4O2. The summed E-state index contributed by atoms with van der Waals surface area (Å²) in [5.41, 5.74) is 0.733. The summed E-state index contributed by atoms with van der Waals surface area (Å²) in [7, 11) is 0. The van der Waals surface area contributed by atoms with E-state index in [1.54, 1.807) is 6.20 Å². The second-order valence-corrected chi connectivity index (χ2v) is 6.41. The average Bonchev–Trinajstić information content (AvgIpc) is 2.45.